The summed E-state index contributed by atoms with van der Waals surface area (Å²) < 4.78 is 4.72. The van der Waals surface area contributed by atoms with E-state index in [1.54, 1.807) is 6.08 Å². The van der Waals surface area contributed by atoms with Crippen LogP contribution in [0.25, 0.3) is 6.08 Å². The number of esters is 1. The van der Waals surface area contributed by atoms with Crippen LogP contribution >= 0.6 is 0 Å². The number of ether oxygens (including phenoxy) is 1. The molecule has 0 saturated heterocycles. The largest absolute Gasteiger partial charge is 0.464 e. The SMILES string of the molecule is C=CCc1ccc(/C=C(\NC(C)=O)C(=O)OC)c([SiH](C)C)c1. The average Bonchev–Trinajstić information content (AvgIpc) is 2.46. The van der Waals surface area contributed by atoms with E-state index in [-0.39, 0.29) is 11.6 Å². The maximum Gasteiger partial charge on any atom is 0.354 e. The first kappa shape index (κ1) is 17.9. The van der Waals surface area contributed by atoms with Gasteiger partial charge in [-0.1, -0.05) is 42.6 Å². The van der Waals surface area contributed by atoms with Crippen LogP contribution in [-0.4, -0.2) is 27.8 Å². The third-order valence-electron chi connectivity index (χ3n) is 3.17. The third kappa shape index (κ3) is 5.00. The summed E-state index contributed by atoms with van der Waals surface area (Å²) in [5, 5.41) is 3.77. The number of amides is 1. The van der Waals surface area contributed by atoms with Crippen molar-refractivity contribution in [2.75, 3.05) is 7.11 Å². The molecule has 0 atom stereocenters. The molecule has 1 rings (SSSR count). The zero-order valence-corrected chi connectivity index (χ0v) is 14.8. The Kier molecular flexibility index (Phi) is 6.79. The van der Waals surface area contributed by atoms with Crippen LogP contribution in [0.4, 0.5) is 0 Å². The van der Waals surface area contributed by atoms with Crippen LogP contribution in [0.2, 0.25) is 13.1 Å². The summed E-state index contributed by atoms with van der Waals surface area (Å²) in [4.78, 5) is 23.1. The highest BCUT2D eigenvalue weighted by molar-refractivity contribution is 6.71. The third-order valence-corrected chi connectivity index (χ3v) is 4.91. The number of carbonyl (C=O) groups is 2. The van der Waals surface area contributed by atoms with E-state index in [1.165, 1.54) is 24.8 Å². The zero-order chi connectivity index (χ0) is 16.7. The van der Waals surface area contributed by atoms with Crippen LogP contribution in [0.1, 0.15) is 18.1 Å². The lowest BCUT2D eigenvalue weighted by Crippen LogP contribution is -2.29. The Morgan fingerprint density at radius 1 is 1.36 bits per heavy atom. The average molecular weight is 317 g/mol. The van der Waals surface area contributed by atoms with Crippen molar-refractivity contribution < 1.29 is 14.3 Å². The summed E-state index contributed by atoms with van der Waals surface area (Å²) >= 11 is 0. The molecule has 1 amide bonds. The molecule has 22 heavy (non-hydrogen) atoms. The molecule has 0 fully saturated rings. The minimum Gasteiger partial charge on any atom is -0.464 e. The van der Waals surface area contributed by atoms with E-state index in [9.17, 15) is 9.59 Å². The van der Waals surface area contributed by atoms with Gasteiger partial charge < -0.3 is 10.1 Å². The summed E-state index contributed by atoms with van der Waals surface area (Å²) in [7, 11) is 0.195. The Labute approximate surface area is 133 Å². The Morgan fingerprint density at radius 2 is 2.05 bits per heavy atom. The molecule has 0 spiro atoms. The number of nitrogens with one attached hydrogen (secondary N) is 1. The molecular weight excluding hydrogens is 294 g/mol. The molecule has 0 unspecified atom stereocenters. The molecule has 0 aliphatic carbocycles. The maximum absolute atomic E-state index is 11.8. The van der Waals surface area contributed by atoms with Crippen LogP contribution in [0.3, 0.4) is 0 Å². The second-order valence-corrected chi connectivity index (χ2v) is 8.27. The lowest BCUT2D eigenvalue weighted by atomic mass is 10.1. The van der Waals surface area contributed by atoms with Gasteiger partial charge in [0.2, 0.25) is 5.91 Å². The number of allylic oxidation sites excluding steroid dienone is 1. The topological polar surface area (TPSA) is 55.4 Å². The first-order valence-corrected chi connectivity index (χ1v) is 10.1. The Hall–Kier alpha value is -2.14. The standard InChI is InChI=1S/C17H23NO3Si/c1-6-7-13-8-9-14(16(10-13)22(4)5)11-15(17(20)21-3)18-12(2)19/h6,8-11,22H,1,7H2,2-5H3,(H,18,19)/b15-11-. The van der Waals surface area contributed by atoms with Crippen LogP contribution in [0.15, 0.2) is 36.6 Å². The first-order valence-electron chi connectivity index (χ1n) is 7.20. The number of benzene rings is 1. The van der Waals surface area contributed by atoms with Crippen LogP contribution in [-0.2, 0) is 20.7 Å². The second kappa shape index (κ2) is 8.34. The van der Waals surface area contributed by atoms with Gasteiger partial charge >= 0.3 is 5.97 Å². The van der Waals surface area contributed by atoms with Gasteiger partial charge in [-0.25, -0.2) is 4.79 Å². The van der Waals surface area contributed by atoms with Crippen molar-refractivity contribution in [1.29, 1.82) is 0 Å². The van der Waals surface area contributed by atoms with Crippen molar-refractivity contribution in [2.24, 2.45) is 0 Å². The second-order valence-electron chi connectivity index (χ2n) is 5.34. The maximum atomic E-state index is 11.8. The monoisotopic (exact) mass is 317 g/mol. The fourth-order valence-electron chi connectivity index (χ4n) is 2.15. The lowest BCUT2D eigenvalue weighted by Gasteiger charge is -2.13. The molecule has 1 aromatic rings. The molecule has 0 radical (unpaired) electrons. The van der Waals surface area contributed by atoms with Crippen molar-refractivity contribution in [3.05, 3.63) is 47.7 Å². The summed E-state index contributed by atoms with van der Waals surface area (Å²) in [5.41, 5.74) is 2.30. The minimum atomic E-state index is -1.10. The summed E-state index contributed by atoms with van der Waals surface area (Å²) in [6.07, 6.45) is 4.37. The van der Waals surface area contributed by atoms with Gasteiger partial charge in [0.05, 0.1) is 15.9 Å². The van der Waals surface area contributed by atoms with E-state index in [4.69, 9.17) is 4.74 Å². The van der Waals surface area contributed by atoms with Gasteiger partial charge in [0.25, 0.3) is 0 Å². The van der Waals surface area contributed by atoms with E-state index in [2.05, 4.69) is 31.1 Å². The van der Waals surface area contributed by atoms with Crippen molar-refractivity contribution in [1.82, 2.24) is 5.32 Å². The smallest absolute Gasteiger partial charge is 0.354 e. The number of methoxy groups -OCH3 is 1. The Balaban J connectivity index is 3.32. The zero-order valence-electron chi connectivity index (χ0n) is 13.6. The number of hydrogen-bond donors (Lipinski definition) is 1. The highest BCUT2D eigenvalue weighted by atomic mass is 28.3. The van der Waals surface area contributed by atoms with E-state index in [0.717, 1.165) is 12.0 Å². The Morgan fingerprint density at radius 3 is 2.55 bits per heavy atom. The normalized spacial score (nSPS) is 11.2. The van der Waals surface area contributed by atoms with Crippen LogP contribution in [0, 0.1) is 0 Å². The van der Waals surface area contributed by atoms with Crippen molar-refractivity contribution >= 4 is 31.9 Å². The minimum absolute atomic E-state index is 0.155. The lowest BCUT2D eigenvalue weighted by molar-refractivity contribution is -0.137. The number of hydrogen-bond acceptors (Lipinski definition) is 3. The molecule has 5 heteroatoms. The highest BCUT2D eigenvalue weighted by Gasteiger charge is 2.14. The molecule has 0 bridgehead atoms. The van der Waals surface area contributed by atoms with Crippen molar-refractivity contribution in [3.8, 4) is 0 Å². The van der Waals surface area contributed by atoms with Crippen molar-refractivity contribution in [2.45, 2.75) is 26.4 Å². The van der Waals surface area contributed by atoms with Gasteiger partial charge in [-0.3, -0.25) is 4.79 Å². The highest BCUT2D eigenvalue weighted by Crippen LogP contribution is 2.10. The van der Waals surface area contributed by atoms with Gasteiger partial charge in [-0.15, -0.1) is 6.58 Å². The molecule has 0 aliphatic rings. The van der Waals surface area contributed by atoms with Gasteiger partial charge in [-0.2, -0.15) is 0 Å². The summed E-state index contributed by atoms with van der Waals surface area (Å²) in [5.74, 6) is -0.856. The number of rotatable bonds is 6. The molecule has 4 nitrogen and oxygen atoms in total. The molecule has 0 aromatic heterocycles. The predicted molar refractivity (Wildman–Crippen MR) is 92.7 cm³/mol. The number of carbonyl (C=O) groups excluding carboxylic acids is 2. The molecule has 1 aromatic carbocycles. The van der Waals surface area contributed by atoms with Gasteiger partial charge in [-0.05, 0) is 23.6 Å². The molecule has 0 heterocycles. The fraction of sp³-hybridized carbons (Fsp3) is 0.294. The van der Waals surface area contributed by atoms with Gasteiger partial charge in [0, 0.05) is 6.92 Å². The quantitative estimate of drug-likeness (QED) is 0.376. The van der Waals surface area contributed by atoms with E-state index >= 15 is 0 Å². The summed E-state index contributed by atoms with van der Waals surface area (Å²) in [6, 6.07) is 6.15. The first-order chi connectivity index (χ1) is 10.4. The van der Waals surface area contributed by atoms with E-state index in [0.29, 0.717) is 0 Å². The molecule has 118 valence electrons. The van der Waals surface area contributed by atoms with Crippen LogP contribution < -0.4 is 10.5 Å². The molecule has 0 aliphatic heterocycles. The van der Waals surface area contributed by atoms with Gasteiger partial charge in [0.1, 0.15) is 5.70 Å². The van der Waals surface area contributed by atoms with Crippen LogP contribution in [0.5, 0.6) is 0 Å². The van der Waals surface area contributed by atoms with E-state index < -0.39 is 14.8 Å². The fourth-order valence-corrected chi connectivity index (χ4v) is 3.54. The Bertz CT molecular complexity index is 606. The molecule has 1 N–H and O–H groups in total. The van der Waals surface area contributed by atoms with Crippen molar-refractivity contribution in [3.63, 3.8) is 0 Å². The molecule has 0 saturated carbocycles. The molecular formula is C17H23NO3Si. The summed E-state index contributed by atoms with van der Waals surface area (Å²) in [6.45, 7) is 9.57. The predicted octanol–water partition coefficient (Wildman–Crippen LogP) is 1.76. The van der Waals surface area contributed by atoms with Gasteiger partial charge in [0.15, 0.2) is 0 Å². The van der Waals surface area contributed by atoms with E-state index in [1.807, 2.05) is 18.2 Å².